The van der Waals surface area contributed by atoms with Gasteiger partial charge in [0.2, 0.25) is 0 Å². The minimum Gasteiger partial charge on any atom is -0.462 e. The van der Waals surface area contributed by atoms with Crippen molar-refractivity contribution in [2.24, 2.45) is 0 Å². The van der Waals surface area contributed by atoms with Gasteiger partial charge < -0.3 is 14.2 Å². The Morgan fingerprint density at radius 2 is 0.476 bits per heavy atom. The van der Waals surface area contributed by atoms with Gasteiger partial charge in [0.25, 0.3) is 0 Å². The topological polar surface area (TPSA) is 78.9 Å². The molecule has 0 saturated carbocycles. The highest BCUT2D eigenvalue weighted by molar-refractivity contribution is 5.71. The summed E-state index contributed by atoms with van der Waals surface area (Å²) in [6.07, 6.45) is 92.2. The summed E-state index contributed by atoms with van der Waals surface area (Å²) in [7, 11) is 0. The minimum absolute atomic E-state index is 0.0722. The van der Waals surface area contributed by atoms with Crippen LogP contribution < -0.4 is 0 Å². The van der Waals surface area contributed by atoms with Crippen LogP contribution in [0, 0.1) is 0 Å². The van der Waals surface area contributed by atoms with Crippen molar-refractivity contribution in [3.05, 3.63) is 72.9 Å². The second kappa shape index (κ2) is 70.3. The van der Waals surface area contributed by atoms with Crippen LogP contribution in [0.1, 0.15) is 374 Å². The molecule has 0 rings (SSSR count). The molecule has 0 spiro atoms. The predicted molar refractivity (Wildman–Crippen MR) is 358 cm³/mol. The van der Waals surface area contributed by atoms with Crippen molar-refractivity contribution < 1.29 is 28.6 Å². The van der Waals surface area contributed by atoms with E-state index in [1.165, 1.54) is 238 Å². The van der Waals surface area contributed by atoms with E-state index in [0.29, 0.717) is 19.3 Å². The van der Waals surface area contributed by atoms with Crippen molar-refractivity contribution >= 4 is 17.9 Å². The van der Waals surface area contributed by atoms with Crippen molar-refractivity contribution in [2.75, 3.05) is 13.2 Å². The van der Waals surface area contributed by atoms with Crippen LogP contribution >= 0.6 is 0 Å². The molecule has 82 heavy (non-hydrogen) atoms. The summed E-state index contributed by atoms with van der Waals surface area (Å²) in [5.41, 5.74) is 0. The zero-order chi connectivity index (χ0) is 59.2. The first-order valence-corrected chi connectivity index (χ1v) is 35.9. The lowest BCUT2D eigenvalue weighted by atomic mass is 10.0. The Morgan fingerprint density at radius 1 is 0.256 bits per heavy atom. The molecule has 0 radical (unpaired) electrons. The summed E-state index contributed by atoms with van der Waals surface area (Å²) < 4.78 is 17.0. The minimum atomic E-state index is -0.777. The van der Waals surface area contributed by atoms with Crippen molar-refractivity contribution in [2.45, 2.75) is 380 Å². The van der Waals surface area contributed by atoms with E-state index in [-0.39, 0.29) is 31.1 Å². The maximum atomic E-state index is 12.9. The molecule has 0 aromatic rings. The van der Waals surface area contributed by atoms with Crippen LogP contribution in [0.15, 0.2) is 72.9 Å². The maximum absolute atomic E-state index is 12.9. The molecule has 6 heteroatoms. The monoisotopic (exact) mass is 1150 g/mol. The van der Waals surface area contributed by atoms with Gasteiger partial charge in [-0.2, -0.15) is 0 Å². The molecular weight excluding hydrogens is 1010 g/mol. The molecular formula is C76H136O6. The van der Waals surface area contributed by atoms with Crippen LogP contribution in [0.5, 0.6) is 0 Å². The van der Waals surface area contributed by atoms with E-state index < -0.39 is 6.10 Å². The Morgan fingerprint density at radius 3 is 0.768 bits per heavy atom. The lowest BCUT2D eigenvalue weighted by Crippen LogP contribution is -2.30. The maximum Gasteiger partial charge on any atom is 0.306 e. The van der Waals surface area contributed by atoms with Gasteiger partial charge in [0, 0.05) is 19.3 Å². The third-order valence-corrected chi connectivity index (χ3v) is 15.9. The van der Waals surface area contributed by atoms with Crippen LogP contribution in [-0.4, -0.2) is 37.2 Å². The van der Waals surface area contributed by atoms with Gasteiger partial charge in [-0.05, 0) is 89.9 Å². The Balaban J connectivity index is 4.15. The van der Waals surface area contributed by atoms with Gasteiger partial charge >= 0.3 is 17.9 Å². The van der Waals surface area contributed by atoms with E-state index in [2.05, 4.69) is 93.7 Å². The average molecular weight is 1150 g/mol. The van der Waals surface area contributed by atoms with Gasteiger partial charge in [-0.15, -0.1) is 0 Å². The lowest BCUT2D eigenvalue weighted by Gasteiger charge is -2.18. The van der Waals surface area contributed by atoms with Crippen LogP contribution in [0.3, 0.4) is 0 Å². The van der Waals surface area contributed by atoms with Crippen LogP contribution in [0.25, 0.3) is 0 Å². The van der Waals surface area contributed by atoms with Gasteiger partial charge in [-0.1, -0.05) is 338 Å². The number of allylic oxidation sites excluding steroid dienone is 12. The molecule has 0 aromatic carbocycles. The molecule has 0 amide bonds. The molecule has 0 aliphatic heterocycles. The van der Waals surface area contributed by atoms with Crippen LogP contribution in [0.2, 0.25) is 0 Å². The number of hydrogen-bond donors (Lipinski definition) is 0. The fourth-order valence-electron chi connectivity index (χ4n) is 10.6. The SMILES string of the molecule is CC/C=C\C/C=C\C/C=C\C/C=C\CCCCCCCCCCCCCCCCCCCCCCC(=O)OCC(COC(=O)CCCCCCCCCCCCCCCC)OC(=O)CCCCCCCCC/C=C\C/C=C\CCCCC. The van der Waals surface area contributed by atoms with Gasteiger partial charge in [-0.3, -0.25) is 14.4 Å². The first kappa shape index (κ1) is 78.8. The molecule has 1 atom stereocenters. The van der Waals surface area contributed by atoms with Crippen molar-refractivity contribution in [1.29, 1.82) is 0 Å². The molecule has 0 aliphatic carbocycles. The fourth-order valence-corrected chi connectivity index (χ4v) is 10.6. The quantitative estimate of drug-likeness (QED) is 0.0261. The van der Waals surface area contributed by atoms with Crippen molar-refractivity contribution in [1.82, 2.24) is 0 Å². The van der Waals surface area contributed by atoms with Gasteiger partial charge in [0.1, 0.15) is 13.2 Å². The Bertz CT molecular complexity index is 1500. The van der Waals surface area contributed by atoms with E-state index in [1.807, 2.05) is 0 Å². The number of esters is 3. The second-order valence-corrected chi connectivity index (χ2v) is 24.1. The van der Waals surface area contributed by atoms with E-state index in [9.17, 15) is 14.4 Å². The number of unbranched alkanes of at least 4 members (excludes halogenated alkanes) is 43. The average Bonchev–Trinajstić information content (AvgIpc) is 3.47. The third-order valence-electron chi connectivity index (χ3n) is 15.9. The van der Waals surface area contributed by atoms with E-state index in [0.717, 1.165) is 96.3 Å². The summed E-state index contributed by atoms with van der Waals surface area (Å²) in [6, 6.07) is 0. The smallest absolute Gasteiger partial charge is 0.306 e. The number of hydrogen-bond acceptors (Lipinski definition) is 6. The largest absolute Gasteiger partial charge is 0.462 e. The second-order valence-electron chi connectivity index (χ2n) is 24.1. The Hall–Kier alpha value is -3.15. The number of carbonyl (C=O) groups excluding carboxylic acids is 3. The predicted octanol–water partition coefficient (Wildman–Crippen LogP) is 24.8. The molecule has 6 nitrogen and oxygen atoms in total. The normalized spacial score (nSPS) is 12.5. The molecule has 0 saturated heterocycles. The third kappa shape index (κ3) is 67.6. The summed E-state index contributed by atoms with van der Waals surface area (Å²) >= 11 is 0. The number of rotatable bonds is 66. The molecule has 0 aliphatic rings. The van der Waals surface area contributed by atoms with Crippen molar-refractivity contribution in [3.8, 4) is 0 Å². The molecule has 0 aromatic heterocycles. The highest BCUT2D eigenvalue weighted by Crippen LogP contribution is 2.18. The summed E-state index contributed by atoms with van der Waals surface area (Å²) in [5, 5.41) is 0. The molecule has 1 unspecified atom stereocenters. The summed E-state index contributed by atoms with van der Waals surface area (Å²) in [6.45, 7) is 6.55. The number of carbonyl (C=O) groups is 3. The molecule has 0 heterocycles. The van der Waals surface area contributed by atoms with Gasteiger partial charge in [-0.25, -0.2) is 0 Å². The standard InChI is InChI=1S/C76H136O6/c1-4-7-10-13-16-19-22-25-28-30-31-32-33-34-35-36-37-38-39-40-41-42-43-44-45-47-48-51-54-57-60-63-66-69-75(78)81-72-73(71-80-74(77)68-65-62-59-56-53-50-27-24-21-18-15-12-9-6-3)82-76(79)70-67-64-61-58-55-52-49-46-29-26-23-20-17-14-11-8-5-2/h7,10,16-17,19-20,25-26,28-29,31-32,73H,4-6,8-9,11-15,18,21-24,27,30,33-72H2,1-3H3/b10-7-,19-16-,20-17-,28-25-,29-26-,32-31-. The fraction of sp³-hybridized carbons (Fsp3) is 0.803. The van der Waals surface area contributed by atoms with E-state index in [1.54, 1.807) is 0 Å². The zero-order valence-corrected chi connectivity index (χ0v) is 54.8. The van der Waals surface area contributed by atoms with E-state index >= 15 is 0 Å². The summed E-state index contributed by atoms with van der Waals surface area (Å²) in [5.74, 6) is -0.855. The Labute approximate surface area is 510 Å². The van der Waals surface area contributed by atoms with Crippen molar-refractivity contribution in [3.63, 3.8) is 0 Å². The highest BCUT2D eigenvalue weighted by Gasteiger charge is 2.19. The lowest BCUT2D eigenvalue weighted by molar-refractivity contribution is -0.167. The van der Waals surface area contributed by atoms with E-state index in [4.69, 9.17) is 14.2 Å². The van der Waals surface area contributed by atoms with Gasteiger partial charge in [0.05, 0.1) is 0 Å². The number of ether oxygens (including phenoxy) is 3. The molecule has 0 bridgehead atoms. The molecule has 0 fully saturated rings. The van der Waals surface area contributed by atoms with Crippen LogP contribution in [0.4, 0.5) is 0 Å². The Kier molecular flexibility index (Phi) is 67.6. The van der Waals surface area contributed by atoms with Crippen LogP contribution in [-0.2, 0) is 28.6 Å². The first-order valence-electron chi connectivity index (χ1n) is 35.9. The molecule has 476 valence electrons. The molecule has 0 N–H and O–H groups in total. The first-order chi connectivity index (χ1) is 40.5. The highest BCUT2D eigenvalue weighted by atomic mass is 16.6. The van der Waals surface area contributed by atoms with Gasteiger partial charge in [0.15, 0.2) is 6.10 Å². The zero-order valence-electron chi connectivity index (χ0n) is 54.8. The summed E-state index contributed by atoms with van der Waals surface area (Å²) in [4.78, 5) is 38.4.